The Hall–Kier alpha value is -2.74. The monoisotopic (exact) mass is 445 g/mol. The van der Waals surface area contributed by atoms with Gasteiger partial charge in [-0.2, -0.15) is 5.10 Å². The van der Waals surface area contributed by atoms with Gasteiger partial charge < -0.3 is 9.64 Å². The molecule has 3 rings (SSSR count). The van der Waals surface area contributed by atoms with Gasteiger partial charge in [-0.1, -0.05) is 27.7 Å². The molecule has 8 heteroatoms. The molecule has 0 fully saturated rings. The number of nitrogens with zero attached hydrogens (tertiary/aromatic N) is 3. The molecule has 0 saturated heterocycles. The van der Waals surface area contributed by atoms with Crippen LogP contribution in [-0.2, 0) is 9.53 Å². The lowest BCUT2D eigenvalue weighted by Crippen LogP contribution is -2.39. The third kappa shape index (κ3) is 5.50. The second-order valence-corrected chi connectivity index (χ2v) is 9.50. The lowest BCUT2D eigenvalue weighted by Gasteiger charge is -2.26. The number of fused-ring (bicyclic) bond motifs is 1. The molecule has 0 aliphatic heterocycles. The quantitative estimate of drug-likeness (QED) is 0.466. The van der Waals surface area contributed by atoms with Gasteiger partial charge in [0, 0.05) is 18.5 Å². The van der Waals surface area contributed by atoms with Gasteiger partial charge in [-0.05, 0) is 49.1 Å². The first-order valence-corrected chi connectivity index (χ1v) is 11.2. The van der Waals surface area contributed by atoms with Crippen LogP contribution in [-0.4, -0.2) is 46.3 Å². The van der Waals surface area contributed by atoms with Gasteiger partial charge in [-0.3, -0.25) is 4.79 Å². The molecule has 0 N–H and O–H groups in total. The molecule has 1 aromatic carbocycles. The van der Waals surface area contributed by atoms with Gasteiger partial charge in [0.05, 0.1) is 11.4 Å². The van der Waals surface area contributed by atoms with E-state index in [4.69, 9.17) is 4.74 Å². The number of amides is 1. The Labute approximate surface area is 185 Å². The summed E-state index contributed by atoms with van der Waals surface area (Å²) in [5.74, 6) is -0.385. The van der Waals surface area contributed by atoms with Crippen LogP contribution in [0.2, 0.25) is 0 Å². The second-order valence-electron chi connectivity index (χ2n) is 8.47. The van der Waals surface area contributed by atoms with Crippen LogP contribution in [0.1, 0.15) is 43.1 Å². The highest BCUT2D eigenvalue weighted by atomic mass is 32.1. The van der Waals surface area contributed by atoms with E-state index in [2.05, 4.69) is 32.8 Å². The van der Waals surface area contributed by atoms with Crippen LogP contribution in [0, 0.1) is 24.6 Å². The summed E-state index contributed by atoms with van der Waals surface area (Å²) in [6.45, 7) is 11.0. The third-order valence-corrected chi connectivity index (χ3v) is 5.76. The highest BCUT2D eigenvalue weighted by Crippen LogP contribution is 2.30. The summed E-state index contributed by atoms with van der Waals surface area (Å²) in [7, 11) is 0. The molecule has 0 unspecified atom stereocenters. The van der Waals surface area contributed by atoms with Crippen LogP contribution in [0.3, 0.4) is 0 Å². The molecule has 0 bridgehead atoms. The molecule has 3 aromatic rings. The summed E-state index contributed by atoms with van der Waals surface area (Å²) in [5.41, 5.74) is 1.46. The van der Waals surface area contributed by atoms with Crippen molar-refractivity contribution in [1.29, 1.82) is 0 Å². The standard InChI is InChI=1S/C23H28FN3O3S/c1-14(2)11-26(12-15(3)4)21(28)13-30-23(29)20-10-19-16(5)25-27(22(19)31-20)18-8-6-17(24)7-9-18/h6-10,14-15H,11-13H2,1-5H3. The van der Waals surface area contributed by atoms with Crippen molar-refractivity contribution in [1.82, 2.24) is 14.7 Å². The maximum Gasteiger partial charge on any atom is 0.348 e. The number of aromatic nitrogens is 2. The van der Waals surface area contributed by atoms with Gasteiger partial charge in [-0.15, -0.1) is 11.3 Å². The van der Waals surface area contributed by atoms with E-state index in [1.807, 2.05) is 6.92 Å². The van der Waals surface area contributed by atoms with Gasteiger partial charge in [0.1, 0.15) is 15.5 Å². The molecular weight excluding hydrogens is 417 g/mol. The van der Waals surface area contributed by atoms with Crippen molar-refractivity contribution in [3.63, 3.8) is 0 Å². The van der Waals surface area contributed by atoms with E-state index in [-0.39, 0.29) is 18.3 Å². The Bertz CT molecular complexity index is 1060. The number of thiophene rings is 1. The number of halogens is 1. The number of hydrogen-bond donors (Lipinski definition) is 0. The van der Waals surface area contributed by atoms with Gasteiger partial charge in [0.2, 0.25) is 0 Å². The Morgan fingerprint density at radius 2 is 1.74 bits per heavy atom. The highest BCUT2D eigenvalue weighted by molar-refractivity contribution is 7.20. The van der Waals surface area contributed by atoms with Gasteiger partial charge in [-0.25, -0.2) is 13.9 Å². The predicted octanol–water partition coefficient (Wildman–Crippen LogP) is 4.83. The van der Waals surface area contributed by atoms with Crippen LogP contribution in [0.15, 0.2) is 30.3 Å². The molecule has 2 aromatic heterocycles. The number of ether oxygens (including phenoxy) is 1. The zero-order chi connectivity index (χ0) is 22.7. The SMILES string of the molecule is Cc1nn(-c2ccc(F)cc2)c2sc(C(=O)OCC(=O)N(CC(C)C)CC(C)C)cc12. The van der Waals surface area contributed by atoms with Gasteiger partial charge in [0.25, 0.3) is 5.91 Å². The molecule has 0 saturated carbocycles. The van der Waals surface area contributed by atoms with E-state index in [0.29, 0.717) is 35.5 Å². The van der Waals surface area contributed by atoms with Crippen molar-refractivity contribution in [3.8, 4) is 5.69 Å². The van der Waals surface area contributed by atoms with Crippen LogP contribution >= 0.6 is 11.3 Å². The van der Waals surface area contributed by atoms with Crippen molar-refractivity contribution in [3.05, 3.63) is 46.7 Å². The summed E-state index contributed by atoms with van der Waals surface area (Å²) in [5, 5.41) is 5.32. The van der Waals surface area contributed by atoms with Crippen LogP contribution in [0.25, 0.3) is 15.9 Å². The lowest BCUT2D eigenvalue weighted by atomic mass is 10.1. The maximum absolute atomic E-state index is 13.3. The first kappa shape index (κ1) is 22.9. The molecule has 0 atom stereocenters. The predicted molar refractivity (Wildman–Crippen MR) is 120 cm³/mol. The first-order valence-electron chi connectivity index (χ1n) is 10.4. The Balaban J connectivity index is 1.74. The van der Waals surface area contributed by atoms with Crippen molar-refractivity contribution in [2.24, 2.45) is 11.8 Å². The Morgan fingerprint density at radius 3 is 2.32 bits per heavy atom. The number of aryl methyl sites for hydroxylation is 1. The summed E-state index contributed by atoms with van der Waals surface area (Å²) in [6, 6.07) is 7.74. The van der Waals surface area contributed by atoms with Crippen LogP contribution < -0.4 is 0 Å². The summed E-state index contributed by atoms with van der Waals surface area (Å²) in [6.07, 6.45) is 0. The van der Waals surface area contributed by atoms with Gasteiger partial charge >= 0.3 is 5.97 Å². The fraction of sp³-hybridized carbons (Fsp3) is 0.435. The molecule has 1 amide bonds. The van der Waals surface area contributed by atoms with E-state index >= 15 is 0 Å². The molecule has 0 aliphatic carbocycles. The molecular formula is C23H28FN3O3S. The number of benzene rings is 1. The van der Waals surface area contributed by atoms with Crippen LogP contribution in [0.4, 0.5) is 4.39 Å². The normalized spacial score (nSPS) is 11.5. The minimum atomic E-state index is -0.534. The average molecular weight is 446 g/mol. The molecule has 0 aliphatic rings. The number of rotatable bonds is 8. The van der Waals surface area contributed by atoms with Crippen LogP contribution in [0.5, 0.6) is 0 Å². The molecule has 0 spiro atoms. The molecule has 2 heterocycles. The van der Waals surface area contributed by atoms with E-state index in [0.717, 1.165) is 15.9 Å². The van der Waals surface area contributed by atoms with Gasteiger partial charge in [0.15, 0.2) is 6.61 Å². The van der Waals surface area contributed by atoms with Crippen molar-refractivity contribution >= 4 is 33.4 Å². The number of carbonyl (C=O) groups is 2. The highest BCUT2D eigenvalue weighted by Gasteiger charge is 2.21. The van der Waals surface area contributed by atoms with E-state index in [1.54, 1.807) is 27.8 Å². The fourth-order valence-electron chi connectivity index (χ4n) is 3.35. The number of hydrogen-bond acceptors (Lipinski definition) is 5. The van der Waals surface area contributed by atoms with E-state index < -0.39 is 5.97 Å². The number of carbonyl (C=O) groups excluding carboxylic acids is 2. The Morgan fingerprint density at radius 1 is 1.13 bits per heavy atom. The van der Waals surface area contributed by atoms with Crippen molar-refractivity contribution in [2.75, 3.05) is 19.7 Å². The zero-order valence-electron chi connectivity index (χ0n) is 18.5. The fourth-order valence-corrected chi connectivity index (χ4v) is 4.43. The van der Waals surface area contributed by atoms with E-state index in [1.165, 1.54) is 23.5 Å². The second kappa shape index (κ2) is 9.60. The minimum absolute atomic E-state index is 0.189. The molecule has 0 radical (unpaired) electrons. The third-order valence-electron chi connectivity index (χ3n) is 4.67. The smallest absolute Gasteiger partial charge is 0.348 e. The molecule has 6 nitrogen and oxygen atoms in total. The largest absolute Gasteiger partial charge is 0.451 e. The van der Waals surface area contributed by atoms with Crippen molar-refractivity contribution in [2.45, 2.75) is 34.6 Å². The number of esters is 1. The van der Waals surface area contributed by atoms with Crippen molar-refractivity contribution < 1.29 is 18.7 Å². The topological polar surface area (TPSA) is 64.4 Å². The molecule has 31 heavy (non-hydrogen) atoms. The lowest BCUT2D eigenvalue weighted by molar-refractivity contribution is -0.135. The summed E-state index contributed by atoms with van der Waals surface area (Å²) >= 11 is 1.24. The average Bonchev–Trinajstić information content (AvgIpc) is 3.26. The zero-order valence-corrected chi connectivity index (χ0v) is 19.3. The Kier molecular flexibility index (Phi) is 7.10. The van der Waals surface area contributed by atoms with E-state index in [9.17, 15) is 14.0 Å². The molecule has 166 valence electrons. The maximum atomic E-state index is 13.3. The minimum Gasteiger partial charge on any atom is -0.451 e. The summed E-state index contributed by atoms with van der Waals surface area (Å²) < 4.78 is 20.3. The summed E-state index contributed by atoms with van der Waals surface area (Å²) in [4.78, 5) is 28.1. The first-order chi connectivity index (χ1) is 14.7.